The van der Waals surface area contributed by atoms with Crippen molar-refractivity contribution >= 4 is 29.1 Å². The monoisotopic (exact) mass is 277 g/mol. The van der Waals surface area contributed by atoms with Gasteiger partial charge in [0.2, 0.25) is 5.91 Å². The Morgan fingerprint density at radius 1 is 1.42 bits per heavy atom. The van der Waals surface area contributed by atoms with Gasteiger partial charge >= 0.3 is 0 Å². The van der Waals surface area contributed by atoms with Gasteiger partial charge in [0.25, 0.3) is 0 Å². The minimum absolute atomic E-state index is 0.00503. The highest BCUT2D eigenvalue weighted by atomic mass is 32.2. The van der Waals surface area contributed by atoms with E-state index in [0.717, 1.165) is 18.4 Å². The van der Waals surface area contributed by atoms with E-state index in [1.165, 1.54) is 11.8 Å². The van der Waals surface area contributed by atoms with E-state index < -0.39 is 0 Å². The SMILES string of the molecule is CCC[C@@H]1SC(=NN=Cc2ccc(O)cc2)NC1=O. The number of thioether (sulfide) groups is 1. The molecule has 0 spiro atoms. The normalized spacial score (nSPS) is 21.2. The molecule has 1 fully saturated rings. The topological polar surface area (TPSA) is 74.1 Å². The van der Waals surface area contributed by atoms with Crippen LogP contribution in [0, 0.1) is 0 Å². The lowest BCUT2D eigenvalue weighted by atomic mass is 10.2. The summed E-state index contributed by atoms with van der Waals surface area (Å²) in [5, 5.41) is 20.2. The quantitative estimate of drug-likeness (QED) is 0.654. The van der Waals surface area contributed by atoms with Crippen LogP contribution in [0.25, 0.3) is 0 Å². The van der Waals surface area contributed by atoms with Crippen LogP contribution in [-0.4, -0.2) is 27.6 Å². The number of hydrogen-bond acceptors (Lipinski definition) is 5. The molecule has 0 saturated carbocycles. The molecule has 1 atom stereocenters. The zero-order valence-electron chi connectivity index (χ0n) is 10.5. The van der Waals surface area contributed by atoms with E-state index in [2.05, 4.69) is 15.5 Å². The second-order valence-electron chi connectivity index (χ2n) is 4.13. The highest BCUT2D eigenvalue weighted by Gasteiger charge is 2.29. The van der Waals surface area contributed by atoms with Crippen molar-refractivity contribution in [1.29, 1.82) is 0 Å². The number of amides is 1. The van der Waals surface area contributed by atoms with E-state index >= 15 is 0 Å². The van der Waals surface area contributed by atoms with E-state index in [9.17, 15) is 4.79 Å². The first-order chi connectivity index (χ1) is 9.19. The number of benzene rings is 1. The van der Waals surface area contributed by atoms with Gasteiger partial charge in [0.05, 0.1) is 11.5 Å². The molecule has 19 heavy (non-hydrogen) atoms. The van der Waals surface area contributed by atoms with Gasteiger partial charge in [-0.2, -0.15) is 5.10 Å². The number of nitrogens with zero attached hydrogens (tertiary/aromatic N) is 2. The van der Waals surface area contributed by atoms with Crippen LogP contribution >= 0.6 is 11.8 Å². The van der Waals surface area contributed by atoms with Gasteiger partial charge in [0.15, 0.2) is 5.17 Å². The fraction of sp³-hybridized carbons (Fsp3) is 0.308. The molecule has 0 aliphatic carbocycles. The number of carbonyl (C=O) groups excluding carboxylic acids is 1. The van der Waals surface area contributed by atoms with Crippen molar-refractivity contribution in [3.8, 4) is 5.75 Å². The number of nitrogens with one attached hydrogen (secondary N) is 1. The number of amidine groups is 1. The van der Waals surface area contributed by atoms with Crippen molar-refractivity contribution in [2.45, 2.75) is 25.0 Å². The Morgan fingerprint density at radius 2 is 2.16 bits per heavy atom. The maximum Gasteiger partial charge on any atom is 0.239 e. The van der Waals surface area contributed by atoms with Gasteiger partial charge in [0.1, 0.15) is 5.75 Å². The van der Waals surface area contributed by atoms with Crippen molar-refractivity contribution < 1.29 is 9.90 Å². The molecular formula is C13H15N3O2S. The Labute approximate surface area is 115 Å². The largest absolute Gasteiger partial charge is 0.508 e. The Bertz CT molecular complexity index is 511. The maximum absolute atomic E-state index is 11.6. The van der Waals surface area contributed by atoms with Crippen molar-refractivity contribution in [2.24, 2.45) is 10.2 Å². The summed E-state index contributed by atoms with van der Waals surface area (Å²) in [6.07, 6.45) is 3.39. The minimum Gasteiger partial charge on any atom is -0.508 e. The standard InChI is InChI=1S/C13H15N3O2S/c1-2-3-11-12(18)15-13(19-11)16-14-8-9-4-6-10(17)7-5-9/h4-8,11,17H,2-3H2,1H3,(H,15,16,18)/t11-/m0/s1. The molecule has 1 aromatic rings. The van der Waals surface area contributed by atoms with Crippen molar-refractivity contribution in [2.75, 3.05) is 0 Å². The van der Waals surface area contributed by atoms with Crippen LogP contribution in [0.3, 0.4) is 0 Å². The molecule has 1 aliphatic heterocycles. The maximum atomic E-state index is 11.6. The van der Waals surface area contributed by atoms with E-state index in [0.29, 0.717) is 5.17 Å². The molecular weight excluding hydrogens is 262 g/mol. The van der Waals surface area contributed by atoms with Crippen molar-refractivity contribution in [3.63, 3.8) is 0 Å². The number of phenolic OH excluding ortho intramolecular Hbond substituents is 1. The summed E-state index contributed by atoms with van der Waals surface area (Å²) < 4.78 is 0. The predicted octanol–water partition coefficient (Wildman–Crippen LogP) is 2.11. The molecule has 0 radical (unpaired) electrons. The Morgan fingerprint density at radius 3 is 2.84 bits per heavy atom. The van der Waals surface area contributed by atoms with Gasteiger partial charge in [-0.15, -0.1) is 5.10 Å². The molecule has 6 heteroatoms. The molecule has 1 aromatic carbocycles. The van der Waals surface area contributed by atoms with Gasteiger partial charge in [-0.05, 0) is 36.2 Å². The lowest BCUT2D eigenvalue weighted by molar-refractivity contribution is -0.118. The summed E-state index contributed by atoms with van der Waals surface area (Å²) in [7, 11) is 0. The van der Waals surface area contributed by atoms with Crippen LogP contribution in [0.15, 0.2) is 34.5 Å². The van der Waals surface area contributed by atoms with Crippen LogP contribution < -0.4 is 5.32 Å². The summed E-state index contributed by atoms with van der Waals surface area (Å²) in [5.41, 5.74) is 0.835. The van der Waals surface area contributed by atoms with Crippen LogP contribution in [0.4, 0.5) is 0 Å². The summed E-state index contributed by atoms with van der Waals surface area (Å²) in [6, 6.07) is 6.63. The Kier molecular flexibility index (Phi) is 4.57. The highest BCUT2D eigenvalue weighted by Crippen LogP contribution is 2.23. The fourth-order valence-corrected chi connectivity index (χ4v) is 2.66. The molecule has 1 amide bonds. The molecule has 2 rings (SSSR count). The lowest BCUT2D eigenvalue weighted by Gasteiger charge is -1.99. The second-order valence-corrected chi connectivity index (χ2v) is 5.32. The summed E-state index contributed by atoms with van der Waals surface area (Å²) >= 11 is 1.42. The van der Waals surface area contributed by atoms with Gasteiger partial charge in [-0.3, -0.25) is 4.79 Å². The number of phenols is 1. The summed E-state index contributed by atoms with van der Waals surface area (Å²) in [4.78, 5) is 11.6. The molecule has 100 valence electrons. The van der Waals surface area contributed by atoms with Gasteiger partial charge in [-0.1, -0.05) is 25.1 Å². The third kappa shape index (κ3) is 3.82. The van der Waals surface area contributed by atoms with E-state index in [1.54, 1.807) is 30.5 Å². The summed E-state index contributed by atoms with van der Waals surface area (Å²) in [5.74, 6) is 0.218. The van der Waals surface area contributed by atoms with E-state index in [4.69, 9.17) is 5.11 Å². The first-order valence-corrected chi connectivity index (χ1v) is 6.94. The summed E-state index contributed by atoms with van der Waals surface area (Å²) in [6.45, 7) is 2.05. The van der Waals surface area contributed by atoms with Gasteiger partial charge < -0.3 is 10.4 Å². The Balaban J connectivity index is 1.96. The first kappa shape index (κ1) is 13.6. The van der Waals surface area contributed by atoms with Crippen LogP contribution in [0.2, 0.25) is 0 Å². The smallest absolute Gasteiger partial charge is 0.239 e. The van der Waals surface area contributed by atoms with Gasteiger partial charge in [-0.25, -0.2) is 0 Å². The van der Waals surface area contributed by atoms with Crippen molar-refractivity contribution in [1.82, 2.24) is 5.32 Å². The zero-order chi connectivity index (χ0) is 13.7. The first-order valence-electron chi connectivity index (χ1n) is 6.06. The van der Waals surface area contributed by atoms with Gasteiger partial charge in [0, 0.05) is 0 Å². The molecule has 1 heterocycles. The Hall–Kier alpha value is -1.82. The average molecular weight is 277 g/mol. The molecule has 5 nitrogen and oxygen atoms in total. The molecule has 2 N–H and O–H groups in total. The van der Waals surface area contributed by atoms with Crippen molar-refractivity contribution in [3.05, 3.63) is 29.8 Å². The van der Waals surface area contributed by atoms with Crippen LogP contribution in [0.5, 0.6) is 5.75 Å². The third-order valence-electron chi connectivity index (χ3n) is 2.58. The fourth-order valence-electron chi connectivity index (χ4n) is 1.61. The average Bonchev–Trinajstić information content (AvgIpc) is 2.73. The molecule has 0 bridgehead atoms. The van der Waals surface area contributed by atoms with Crippen LogP contribution in [0.1, 0.15) is 25.3 Å². The lowest BCUT2D eigenvalue weighted by Crippen LogP contribution is -2.24. The number of hydrogen-bond donors (Lipinski definition) is 2. The van der Waals surface area contributed by atoms with Crippen LogP contribution in [-0.2, 0) is 4.79 Å². The minimum atomic E-state index is -0.0485. The molecule has 0 unspecified atom stereocenters. The molecule has 1 aliphatic rings. The number of rotatable bonds is 4. The molecule has 1 saturated heterocycles. The molecule has 0 aromatic heterocycles. The number of aromatic hydroxyl groups is 1. The highest BCUT2D eigenvalue weighted by molar-refractivity contribution is 8.15. The third-order valence-corrected chi connectivity index (χ3v) is 3.72. The van der Waals surface area contributed by atoms with E-state index in [1.807, 2.05) is 6.92 Å². The zero-order valence-corrected chi connectivity index (χ0v) is 11.4. The number of carbonyl (C=O) groups is 1. The predicted molar refractivity (Wildman–Crippen MR) is 77.6 cm³/mol. The second kappa shape index (κ2) is 6.38. The van der Waals surface area contributed by atoms with E-state index in [-0.39, 0.29) is 16.9 Å².